The molecule has 1 atom stereocenters. The van der Waals surface area contributed by atoms with E-state index < -0.39 is 47.3 Å². The fraction of sp³-hybridized carbons (Fsp3) is 0.500. The molecule has 0 saturated heterocycles. The van der Waals surface area contributed by atoms with E-state index in [1.54, 1.807) is 13.8 Å². The third-order valence-electron chi connectivity index (χ3n) is 3.72. The summed E-state index contributed by atoms with van der Waals surface area (Å²) in [7, 11) is 0. The van der Waals surface area contributed by atoms with Gasteiger partial charge in [0.05, 0.1) is 17.2 Å². The molecule has 1 aromatic rings. The molecule has 0 spiro atoms. The number of amides is 1. The van der Waals surface area contributed by atoms with E-state index in [4.69, 9.17) is 10.00 Å². The van der Waals surface area contributed by atoms with Crippen molar-refractivity contribution < 1.29 is 35.9 Å². The number of rotatable bonds is 5. The second-order valence-electron chi connectivity index (χ2n) is 6.05. The number of carbonyl (C=O) groups excluding carboxylic acids is 1. The third-order valence-corrected chi connectivity index (χ3v) is 3.72. The van der Waals surface area contributed by atoms with Gasteiger partial charge < -0.3 is 10.1 Å². The van der Waals surface area contributed by atoms with E-state index in [1.165, 1.54) is 6.92 Å². The van der Waals surface area contributed by atoms with Crippen LogP contribution in [0.5, 0.6) is 5.75 Å². The van der Waals surface area contributed by atoms with E-state index in [2.05, 4.69) is 5.32 Å². The highest BCUT2D eigenvalue weighted by atomic mass is 19.4. The minimum atomic E-state index is -5.02. The normalized spacial score (nSPS) is 14.5. The maximum absolute atomic E-state index is 12.8. The van der Waals surface area contributed by atoms with Crippen LogP contribution < -0.4 is 10.1 Å². The van der Waals surface area contributed by atoms with E-state index in [9.17, 15) is 31.1 Å². The quantitative estimate of drug-likeness (QED) is 0.778. The summed E-state index contributed by atoms with van der Waals surface area (Å²) in [5.41, 5.74) is -4.36. The van der Waals surface area contributed by atoms with Crippen LogP contribution in [0, 0.1) is 17.2 Å². The van der Waals surface area contributed by atoms with Crippen molar-refractivity contribution in [2.24, 2.45) is 5.92 Å². The molecule has 0 aliphatic carbocycles. The highest BCUT2D eigenvalue weighted by molar-refractivity contribution is 5.78. The minimum absolute atomic E-state index is 0.0432. The Morgan fingerprint density at radius 1 is 1.12 bits per heavy atom. The highest BCUT2D eigenvalue weighted by Gasteiger charge is 2.37. The van der Waals surface area contributed by atoms with Crippen LogP contribution in [-0.2, 0) is 17.1 Å². The van der Waals surface area contributed by atoms with E-state index in [0.29, 0.717) is 12.1 Å². The summed E-state index contributed by atoms with van der Waals surface area (Å²) in [5.74, 6) is -1.90. The molecule has 10 heteroatoms. The van der Waals surface area contributed by atoms with Gasteiger partial charge in [0.1, 0.15) is 11.3 Å². The molecule has 0 bridgehead atoms. The first-order valence-corrected chi connectivity index (χ1v) is 7.33. The van der Waals surface area contributed by atoms with Crippen LogP contribution in [0.4, 0.5) is 26.3 Å². The highest BCUT2D eigenvalue weighted by Crippen LogP contribution is 2.38. The fourth-order valence-corrected chi connectivity index (χ4v) is 1.79. The van der Waals surface area contributed by atoms with Crippen molar-refractivity contribution in [3.05, 3.63) is 29.3 Å². The number of hydrogen-bond donors (Lipinski definition) is 1. The molecule has 0 saturated carbocycles. The second kappa shape index (κ2) is 7.43. The first-order chi connectivity index (χ1) is 11.7. The van der Waals surface area contributed by atoms with Crippen LogP contribution in [0.15, 0.2) is 18.2 Å². The van der Waals surface area contributed by atoms with E-state index in [0.717, 1.165) is 0 Å². The number of nitriles is 1. The zero-order valence-corrected chi connectivity index (χ0v) is 14.0. The van der Waals surface area contributed by atoms with Gasteiger partial charge >= 0.3 is 12.4 Å². The molecule has 0 aliphatic heterocycles. The average Bonchev–Trinajstić information content (AvgIpc) is 2.50. The lowest BCUT2D eigenvalue weighted by molar-refractivity contribution is -0.143. The molecule has 0 aliphatic rings. The van der Waals surface area contributed by atoms with Crippen LogP contribution in [0.25, 0.3) is 0 Å². The monoisotopic (exact) mass is 382 g/mol. The van der Waals surface area contributed by atoms with Gasteiger partial charge in [0.2, 0.25) is 0 Å². The van der Waals surface area contributed by atoms with E-state index >= 15 is 0 Å². The molecule has 1 N–H and O–H groups in total. The minimum Gasteiger partial charge on any atom is -0.484 e. The second-order valence-corrected chi connectivity index (χ2v) is 6.05. The smallest absolute Gasteiger partial charge is 0.416 e. The first kappa shape index (κ1) is 21.6. The Labute approximate surface area is 145 Å². The lowest BCUT2D eigenvalue weighted by Gasteiger charge is -2.27. The van der Waals surface area contributed by atoms with Crippen molar-refractivity contribution in [1.82, 2.24) is 5.32 Å². The summed E-state index contributed by atoms with van der Waals surface area (Å²) in [5, 5.41) is 11.4. The van der Waals surface area contributed by atoms with Crippen molar-refractivity contribution in [2.75, 3.05) is 6.61 Å². The van der Waals surface area contributed by atoms with Gasteiger partial charge in [-0.15, -0.1) is 0 Å². The summed E-state index contributed by atoms with van der Waals surface area (Å²) < 4.78 is 81.3. The van der Waals surface area contributed by atoms with Crippen LogP contribution in [0.1, 0.15) is 31.9 Å². The molecule has 4 nitrogen and oxygen atoms in total. The largest absolute Gasteiger partial charge is 0.484 e. The zero-order valence-electron chi connectivity index (χ0n) is 14.0. The van der Waals surface area contributed by atoms with E-state index in [-0.39, 0.29) is 12.0 Å². The topological polar surface area (TPSA) is 62.1 Å². The SMILES string of the molecule is CC(C)[C@](C)(C#N)NC(=O)COc1cc(C(F)(F)F)cc(C(F)(F)F)c1. The summed E-state index contributed by atoms with van der Waals surface area (Å²) >= 11 is 0. The third kappa shape index (κ3) is 5.54. The number of benzene rings is 1. The maximum Gasteiger partial charge on any atom is 0.416 e. The van der Waals surface area contributed by atoms with Crippen LogP contribution in [0.2, 0.25) is 0 Å². The van der Waals surface area contributed by atoms with Gasteiger partial charge in [-0.25, -0.2) is 0 Å². The molecule has 0 heterocycles. The average molecular weight is 382 g/mol. The summed E-state index contributed by atoms with van der Waals surface area (Å²) in [6.07, 6.45) is -10.0. The van der Waals surface area contributed by atoms with Gasteiger partial charge in [-0.2, -0.15) is 31.6 Å². The lowest BCUT2D eigenvalue weighted by Crippen LogP contribution is -2.50. The molecule has 144 valence electrons. The van der Waals surface area contributed by atoms with Gasteiger partial charge in [-0.05, 0) is 31.0 Å². The molecule has 0 unspecified atom stereocenters. The molecule has 26 heavy (non-hydrogen) atoms. The maximum atomic E-state index is 12.8. The molecule has 0 fully saturated rings. The fourth-order valence-electron chi connectivity index (χ4n) is 1.79. The Bertz CT molecular complexity index is 674. The number of ether oxygens (including phenoxy) is 1. The van der Waals surface area contributed by atoms with Gasteiger partial charge in [-0.1, -0.05) is 13.8 Å². The number of nitrogens with one attached hydrogen (secondary N) is 1. The molecule has 1 amide bonds. The molecular formula is C16H16F6N2O2. The number of hydrogen-bond acceptors (Lipinski definition) is 3. The van der Waals surface area contributed by atoms with E-state index in [1.807, 2.05) is 6.07 Å². The van der Waals surface area contributed by atoms with Crippen molar-refractivity contribution in [2.45, 2.75) is 38.7 Å². The van der Waals surface area contributed by atoms with Crippen molar-refractivity contribution in [3.63, 3.8) is 0 Å². The molecule has 0 aromatic heterocycles. The number of halogens is 6. The van der Waals surface area contributed by atoms with Crippen LogP contribution in [0.3, 0.4) is 0 Å². The number of alkyl halides is 6. The summed E-state index contributed by atoms with van der Waals surface area (Å²) in [6, 6.07) is 2.58. The van der Waals surface area contributed by atoms with Crippen molar-refractivity contribution >= 4 is 5.91 Å². The summed E-state index contributed by atoms with van der Waals surface area (Å²) in [4.78, 5) is 11.8. The predicted octanol–water partition coefficient (Wildman–Crippen LogP) is 4.16. The zero-order chi connectivity index (χ0) is 20.3. The molecule has 1 rings (SSSR count). The Morgan fingerprint density at radius 2 is 1.58 bits per heavy atom. The van der Waals surface area contributed by atoms with Crippen LogP contribution in [-0.4, -0.2) is 18.1 Å². The Hall–Kier alpha value is -2.44. The Balaban J connectivity index is 3.00. The van der Waals surface area contributed by atoms with Crippen molar-refractivity contribution in [1.29, 1.82) is 5.26 Å². The summed E-state index contributed by atoms with van der Waals surface area (Å²) in [6.45, 7) is 3.91. The standard InChI is InChI=1S/C16H16F6N2O2/c1-9(2)14(3,8-23)24-13(25)7-26-12-5-10(15(17,18)19)4-11(6-12)16(20,21)22/h4-6,9H,7H2,1-3H3,(H,24,25)/t14-/m0/s1. The van der Waals surface area contributed by atoms with Crippen molar-refractivity contribution in [3.8, 4) is 11.8 Å². The molecule has 1 aromatic carbocycles. The molecule has 0 radical (unpaired) electrons. The Morgan fingerprint density at radius 3 is 1.92 bits per heavy atom. The van der Waals surface area contributed by atoms with Gasteiger partial charge in [0.15, 0.2) is 6.61 Å². The predicted molar refractivity (Wildman–Crippen MR) is 78.9 cm³/mol. The lowest BCUT2D eigenvalue weighted by atomic mass is 9.90. The number of nitrogens with zero attached hydrogens (tertiary/aromatic N) is 1. The number of carbonyl (C=O) groups is 1. The van der Waals surface area contributed by atoms with Gasteiger partial charge in [0.25, 0.3) is 5.91 Å². The Kier molecular flexibility index (Phi) is 6.18. The first-order valence-electron chi connectivity index (χ1n) is 7.33. The van der Waals surface area contributed by atoms with Crippen LogP contribution >= 0.6 is 0 Å². The van der Waals surface area contributed by atoms with Gasteiger partial charge in [-0.3, -0.25) is 4.79 Å². The van der Waals surface area contributed by atoms with Gasteiger partial charge in [0, 0.05) is 0 Å². The molecular weight excluding hydrogens is 366 g/mol.